The van der Waals surface area contributed by atoms with Gasteiger partial charge in [0.05, 0.1) is 7.11 Å². The highest BCUT2D eigenvalue weighted by Gasteiger charge is 2.21. The van der Waals surface area contributed by atoms with Gasteiger partial charge in [0.15, 0.2) is 5.78 Å². The fourth-order valence-corrected chi connectivity index (χ4v) is 1.52. The molecule has 0 heterocycles. The molecule has 1 aromatic carbocycles. The first kappa shape index (κ1) is 14.4. The molecule has 18 heavy (non-hydrogen) atoms. The summed E-state index contributed by atoms with van der Waals surface area (Å²) in [4.78, 5) is 23.6. The molecule has 1 aromatic rings. The molecule has 1 rings (SSSR count). The van der Waals surface area contributed by atoms with E-state index in [1.165, 1.54) is 0 Å². The Balaban J connectivity index is 2.58. The molecule has 0 unspecified atom stereocenters. The Morgan fingerprint density at radius 1 is 1.06 bits per heavy atom. The molecule has 0 aliphatic carbocycles. The highest BCUT2D eigenvalue weighted by atomic mass is 16.5. The summed E-state index contributed by atoms with van der Waals surface area (Å²) in [7, 11) is 1.58. The second-order valence-corrected chi connectivity index (χ2v) is 5.32. The normalized spacial score (nSPS) is 11.1. The molecule has 0 spiro atoms. The van der Waals surface area contributed by atoms with Crippen LogP contribution in [0, 0.1) is 5.41 Å². The van der Waals surface area contributed by atoms with Crippen LogP contribution in [-0.2, 0) is 4.79 Å². The summed E-state index contributed by atoms with van der Waals surface area (Å²) in [5.41, 5.74) is 0.248. The Hall–Kier alpha value is -1.64. The maximum Gasteiger partial charge on any atom is 0.163 e. The van der Waals surface area contributed by atoms with Crippen LogP contribution in [0.3, 0.4) is 0 Å². The molecule has 0 radical (unpaired) electrons. The number of carbonyl (C=O) groups excluding carboxylic acids is 2. The van der Waals surface area contributed by atoms with Crippen molar-refractivity contribution in [1.29, 1.82) is 0 Å². The number of benzene rings is 1. The molecule has 0 saturated heterocycles. The fraction of sp³-hybridized carbons (Fsp3) is 0.467. The summed E-state index contributed by atoms with van der Waals surface area (Å²) in [6.45, 7) is 5.60. The zero-order chi connectivity index (χ0) is 13.8. The van der Waals surface area contributed by atoms with Gasteiger partial charge in [-0.15, -0.1) is 0 Å². The lowest BCUT2D eigenvalue weighted by molar-refractivity contribution is -0.126. The van der Waals surface area contributed by atoms with Gasteiger partial charge in [0.25, 0.3) is 0 Å². The Bertz CT molecular complexity index is 424. The van der Waals surface area contributed by atoms with E-state index in [2.05, 4.69) is 0 Å². The Kier molecular flexibility index (Phi) is 4.65. The summed E-state index contributed by atoms with van der Waals surface area (Å²) in [6, 6.07) is 6.95. The monoisotopic (exact) mass is 248 g/mol. The molecule has 3 heteroatoms. The predicted octanol–water partition coefficient (Wildman–Crippen LogP) is 3.27. The van der Waals surface area contributed by atoms with Gasteiger partial charge in [-0.2, -0.15) is 0 Å². The van der Waals surface area contributed by atoms with Crippen molar-refractivity contribution in [3.8, 4) is 5.75 Å². The summed E-state index contributed by atoms with van der Waals surface area (Å²) >= 11 is 0. The van der Waals surface area contributed by atoms with Crippen LogP contribution >= 0.6 is 0 Å². The van der Waals surface area contributed by atoms with Crippen LogP contribution < -0.4 is 4.74 Å². The molecule has 0 bridgehead atoms. The molecule has 0 N–H and O–H groups in total. The van der Waals surface area contributed by atoms with E-state index >= 15 is 0 Å². The van der Waals surface area contributed by atoms with E-state index in [1.54, 1.807) is 31.4 Å². The number of Topliss-reactive ketones (excluding diaryl/α,β-unsaturated/α-hetero) is 2. The third-order valence-electron chi connectivity index (χ3n) is 2.83. The van der Waals surface area contributed by atoms with Crippen LogP contribution in [-0.4, -0.2) is 18.7 Å². The number of hydrogen-bond donors (Lipinski definition) is 0. The molecule has 0 aliphatic rings. The van der Waals surface area contributed by atoms with Crippen molar-refractivity contribution in [3.05, 3.63) is 29.8 Å². The molecule has 0 atom stereocenters. The van der Waals surface area contributed by atoms with Gasteiger partial charge >= 0.3 is 0 Å². The first-order valence-electron chi connectivity index (χ1n) is 6.05. The van der Waals surface area contributed by atoms with Gasteiger partial charge in [-0.3, -0.25) is 9.59 Å². The van der Waals surface area contributed by atoms with E-state index in [0.717, 1.165) is 5.75 Å². The van der Waals surface area contributed by atoms with E-state index < -0.39 is 0 Å². The second kappa shape index (κ2) is 5.80. The van der Waals surface area contributed by atoms with E-state index in [1.807, 2.05) is 20.8 Å². The van der Waals surface area contributed by atoms with E-state index in [0.29, 0.717) is 12.0 Å². The van der Waals surface area contributed by atoms with Crippen LogP contribution in [0.2, 0.25) is 0 Å². The maximum atomic E-state index is 11.9. The van der Waals surface area contributed by atoms with Gasteiger partial charge in [-0.25, -0.2) is 0 Å². The molecule has 0 amide bonds. The van der Waals surface area contributed by atoms with Crippen molar-refractivity contribution in [1.82, 2.24) is 0 Å². The van der Waals surface area contributed by atoms with Crippen LogP contribution in [0.1, 0.15) is 44.0 Å². The Morgan fingerprint density at radius 2 is 1.61 bits per heavy atom. The van der Waals surface area contributed by atoms with Gasteiger partial charge in [0, 0.05) is 23.8 Å². The third kappa shape index (κ3) is 3.99. The zero-order valence-electron chi connectivity index (χ0n) is 11.4. The molecular formula is C15H20O3. The number of methoxy groups -OCH3 is 1. The highest BCUT2D eigenvalue weighted by Crippen LogP contribution is 2.19. The van der Waals surface area contributed by atoms with Crippen molar-refractivity contribution in [2.45, 2.75) is 33.6 Å². The highest BCUT2D eigenvalue weighted by molar-refractivity contribution is 5.98. The smallest absolute Gasteiger partial charge is 0.163 e. The Labute approximate surface area is 108 Å². The van der Waals surface area contributed by atoms with Crippen molar-refractivity contribution in [2.24, 2.45) is 5.41 Å². The minimum Gasteiger partial charge on any atom is -0.497 e. The van der Waals surface area contributed by atoms with Crippen molar-refractivity contribution in [3.63, 3.8) is 0 Å². The minimum atomic E-state index is -0.375. The SMILES string of the molecule is COc1ccc(C(=O)CCC(=O)C(C)(C)C)cc1. The number of hydrogen-bond acceptors (Lipinski definition) is 3. The van der Waals surface area contributed by atoms with Crippen molar-refractivity contribution >= 4 is 11.6 Å². The largest absolute Gasteiger partial charge is 0.497 e. The number of carbonyl (C=O) groups is 2. The first-order valence-corrected chi connectivity index (χ1v) is 6.05. The Morgan fingerprint density at radius 3 is 2.06 bits per heavy atom. The summed E-state index contributed by atoms with van der Waals surface area (Å²) < 4.78 is 5.03. The number of ether oxygens (including phenoxy) is 1. The molecule has 98 valence electrons. The summed E-state index contributed by atoms with van der Waals surface area (Å²) in [6.07, 6.45) is 0.566. The topological polar surface area (TPSA) is 43.4 Å². The van der Waals surface area contributed by atoms with Crippen molar-refractivity contribution < 1.29 is 14.3 Å². The van der Waals surface area contributed by atoms with Crippen LogP contribution in [0.15, 0.2) is 24.3 Å². The van der Waals surface area contributed by atoms with Gasteiger partial charge in [0.2, 0.25) is 0 Å². The third-order valence-corrected chi connectivity index (χ3v) is 2.83. The van der Waals surface area contributed by atoms with E-state index in [-0.39, 0.29) is 23.4 Å². The van der Waals surface area contributed by atoms with E-state index in [4.69, 9.17) is 4.74 Å². The van der Waals surface area contributed by atoms with Gasteiger partial charge < -0.3 is 4.74 Å². The van der Waals surface area contributed by atoms with Gasteiger partial charge in [-0.05, 0) is 24.3 Å². The average Bonchev–Trinajstić information content (AvgIpc) is 2.34. The summed E-state index contributed by atoms with van der Waals surface area (Å²) in [5.74, 6) is 0.830. The van der Waals surface area contributed by atoms with Gasteiger partial charge in [0.1, 0.15) is 11.5 Å². The molecule has 0 aliphatic heterocycles. The molecule has 0 saturated carbocycles. The standard InChI is InChI=1S/C15H20O3/c1-15(2,3)14(17)10-9-13(16)11-5-7-12(18-4)8-6-11/h5-8H,9-10H2,1-4H3. The molecular weight excluding hydrogens is 228 g/mol. The minimum absolute atomic E-state index is 0.00440. The maximum absolute atomic E-state index is 11.9. The lowest BCUT2D eigenvalue weighted by Crippen LogP contribution is -2.20. The van der Waals surface area contributed by atoms with Crippen LogP contribution in [0.5, 0.6) is 5.75 Å². The zero-order valence-corrected chi connectivity index (χ0v) is 11.4. The quantitative estimate of drug-likeness (QED) is 0.751. The van der Waals surface area contributed by atoms with Crippen LogP contribution in [0.4, 0.5) is 0 Å². The number of rotatable bonds is 5. The molecule has 0 aromatic heterocycles. The lowest BCUT2D eigenvalue weighted by Gasteiger charge is -2.15. The first-order chi connectivity index (χ1) is 8.34. The number of ketones is 2. The molecule has 3 nitrogen and oxygen atoms in total. The lowest BCUT2D eigenvalue weighted by atomic mass is 9.87. The average molecular weight is 248 g/mol. The summed E-state index contributed by atoms with van der Waals surface area (Å²) in [5, 5.41) is 0. The second-order valence-electron chi connectivity index (χ2n) is 5.32. The predicted molar refractivity (Wildman–Crippen MR) is 71.0 cm³/mol. The molecule has 0 fully saturated rings. The van der Waals surface area contributed by atoms with E-state index in [9.17, 15) is 9.59 Å². The van der Waals surface area contributed by atoms with Crippen LogP contribution in [0.25, 0.3) is 0 Å². The fourth-order valence-electron chi connectivity index (χ4n) is 1.52. The van der Waals surface area contributed by atoms with Crippen molar-refractivity contribution in [2.75, 3.05) is 7.11 Å². The van der Waals surface area contributed by atoms with Gasteiger partial charge in [-0.1, -0.05) is 20.8 Å².